The molecule has 0 saturated heterocycles. The Bertz CT molecular complexity index is 634. The smallest absolute Gasteiger partial charge is 0.141 e. The van der Waals surface area contributed by atoms with Gasteiger partial charge in [-0.25, -0.2) is 4.39 Å². The van der Waals surface area contributed by atoms with Crippen molar-refractivity contribution in [2.24, 2.45) is 0 Å². The Balaban J connectivity index is 2.52. The number of nitrogens with one attached hydrogen (secondary N) is 1. The van der Waals surface area contributed by atoms with Crippen LogP contribution < -0.4 is 14.8 Å². The molecule has 2 rings (SSSR count). The lowest BCUT2D eigenvalue weighted by Gasteiger charge is -2.21. The van der Waals surface area contributed by atoms with Gasteiger partial charge in [-0.2, -0.15) is 0 Å². The molecule has 112 valence electrons. The highest BCUT2D eigenvalue weighted by atomic mass is 79.9. The van der Waals surface area contributed by atoms with Gasteiger partial charge < -0.3 is 14.8 Å². The third-order valence-corrected chi connectivity index (χ3v) is 3.91. The number of hydrogen-bond donors (Lipinski definition) is 1. The number of halogens is 2. The van der Waals surface area contributed by atoms with Gasteiger partial charge in [-0.3, -0.25) is 0 Å². The normalized spacial score (nSPS) is 12.0. The van der Waals surface area contributed by atoms with Crippen LogP contribution in [0.2, 0.25) is 0 Å². The molecule has 0 aromatic heterocycles. The summed E-state index contributed by atoms with van der Waals surface area (Å²) < 4.78 is 24.6. The highest BCUT2D eigenvalue weighted by Gasteiger charge is 2.19. The average molecular weight is 354 g/mol. The molecule has 0 radical (unpaired) electrons. The van der Waals surface area contributed by atoms with Crippen LogP contribution in [-0.4, -0.2) is 21.3 Å². The second-order valence-corrected chi connectivity index (χ2v) is 5.36. The maximum atomic E-state index is 13.7. The van der Waals surface area contributed by atoms with E-state index in [4.69, 9.17) is 9.47 Å². The topological polar surface area (TPSA) is 30.5 Å². The first-order valence-electron chi connectivity index (χ1n) is 6.44. The van der Waals surface area contributed by atoms with Crippen LogP contribution in [0.3, 0.4) is 0 Å². The van der Waals surface area contributed by atoms with Gasteiger partial charge in [-0.05, 0) is 46.7 Å². The molecule has 2 aromatic rings. The maximum Gasteiger partial charge on any atom is 0.141 e. The molecule has 1 N–H and O–H groups in total. The van der Waals surface area contributed by atoms with Gasteiger partial charge in [0.05, 0.1) is 24.7 Å². The summed E-state index contributed by atoms with van der Waals surface area (Å²) in [6, 6.07) is 10.7. The first-order valence-corrected chi connectivity index (χ1v) is 7.24. The van der Waals surface area contributed by atoms with Crippen LogP contribution in [0.1, 0.15) is 17.2 Å². The van der Waals surface area contributed by atoms with Crippen LogP contribution in [0.15, 0.2) is 40.9 Å². The van der Waals surface area contributed by atoms with Crippen molar-refractivity contribution >= 4 is 15.9 Å². The minimum atomic E-state index is -0.351. The van der Waals surface area contributed by atoms with Crippen molar-refractivity contribution in [2.45, 2.75) is 6.04 Å². The lowest BCUT2D eigenvalue weighted by atomic mass is 9.97. The van der Waals surface area contributed by atoms with Crippen molar-refractivity contribution in [1.82, 2.24) is 5.32 Å². The summed E-state index contributed by atoms with van der Waals surface area (Å²) in [4.78, 5) is 0. The summed E-state index contributed by atoms with van der Waals surface area (Å²) in [5.41, 5.74) is 1.86. The number of ether oxygens (including phenoxy) is 2. The van der Waals surface area contributed by atoms with Gasteiger partial charge in [-0.15, -0.1) is 0 Å². The van der Waals surface area contributed by atoms with Crippen molar-refractivity contribution in [3.8, 4) is 11.5 Å². The predicted octanol–water partition coefficient (Wildman–Crippen LogP) is 3.91. The highest BCUT2D eigenvalue weighted by Crippen LogP contribution is 2.34. The fraction of sp³-hybridized carbons (Fsp3) is 0.250. The predicted molar refractivity (Wildman–Crippen MR) is 84.5 cm³/mol. The van der Waals surface area contributed by atoms with E-state index >= 15 is 0 Å². The summed E-state index contributed by atoms with van der Waals surface area (Å²) in [7, 11) is 5.01. The zero-order valence-corrected chi connectivity index (χ0v) is 13.7. The van der Waals surface area contributed by atoms with E-state index < -0.39 is 0 Å². The Kier molecular flexibility index (Phi) is 5.20. The Morgan fingerprint density at radius 3 is 2.52 bits per heavy atom. The zero-order valence-electron chi connectivity index (χ0n) is 12.1. The molecule has 0 bridgehead atoms. The summed E-state index contributed by atoms with van der Waals surface area (Å²) >= 11 is 3.22. The van der Waals surface area contributed by atoms with Gasteiger partial charge in [-0.1, -0.05) is 12.1 Å². The van der Waals surface area contributed by atoms with Crippen LogP contribution in [0.4, 0.5) is 4.39 Å². The van der Waals surface area contributed by atoms with Gasteiger partial charge >= 0.3 is 0 Å². The number of benzene rings is 2. The van der Waals surface area contributed by atoms with E-state index in [9.17, 15) is 4.39 Å². The zero-order chi connectivity index (χ0) is 15.4. The Labute approximate surface area is 132 Å². The van der Waals surface area contributed by atoms with Crippen molar-refractivity contribution in [1.29, 1.82) is 0 Å². The minimum Gasteiger partial charge on any atom is -0.497 e. The van der Waals surface area contributed by atoms with Crippen LogP contribution in [0.25, 0.3) is 0 Å². The van der Waals surface area contributed by atoms with E-state index in [0.29, 0.717) is 10.2 Å². The third-order valence-electron chi connectivity index (χ3n) is 3.30. The van der Waals surface area contributed by atoms with Crippen molar-refractivity contribution < 1.29 is 13.9 Å². The molecule has 21 heavy (non-hydrogen) atoms. The van der Waals surface area contributed by atoms with E-state index in [1.807, 2.05) is 31.3 Å². The molecule has 0 spiro atoms. The standard InChI is InChI=1S/C16H17BrFNO2/c1-19-16(10-5-4-6-11(7-10)20-2)12-8-13(17)14(18)9-15(12)21-3/h4-9,16,19H,1-3H3. The molecular formula is C16H17BrFNO2. The molecule has 0 aliphatic rings. The second-order valence-electron chi connectivity index (χ2n) is 4.51. The van der Waals surface area contributed by atoms with Crippen LogP contribution in [0.5, 0.6) is 11.5 Å². The molecule has 2 aromatic carbocycles. The Morgan fingerprint density at radius 2 is 1.90 bits per heavy atom. The Morgan fingerprint density at radius 1 is 1.14 bits per heavy atom. The van der Waals surface area contributed by atoms with Crippen molar-refractivity contribution in [3.63, 3.8) is 0 Å². The molecule has 1 unspecified atom stereocenters. The molecule has 0 fully saturated rings. The van der Waals surface area contributed by atoms with E-state index in [1.165, 1.54) is 13.2 Å². The lowest BCUT2D eigenvalue weighted by Crippen LogP contribution is -2.18. The summed E-state index contributed by atoms with van der Waals surface area (Å²) in [5, 5.41) is 3.23. The fourth-order valence-electron chi connectivity index (χ4n) is 2.27. The van der Waals surface area contributed by atoms with Crippen LogP contribution in [0, 0.1) is 5.82 Å². The monoisotopic (exact) mass is 353 g/mol. The lowest BCUT2D eigenvalue weighted by molar-refractivity contribution is 0.400. The first kappa shape index (κ1) is 15.8. The van der Waals surface area contributed by atoms with Crippen molar-refractivity contribution in [3.05, 3.63) is 57.8 Å². The summed E-state index contributed by atoms with van der Waals surface area (Å²) in [5.74, 6) is 0.918. The quantitative estimate of drug-likeness (QED) is 0.883. The molecule has 0 saturated carbocycles. The van der Waals surface area contributed by atoms with Gasteiger partial charge in [0.1, 0.15) is 17.3 Å². The van der Waals surface area contributed by atoms with Gasteiger partial charge in [0.2, 0.25) is 0 Å². The molecule has 0 aliphatic carbocycles. The molecule has 0 amide bonds. The van der Waals surface area contributed by atoms with Gasteiger partial charge in [0, 0.05) is 11.6 Å². The van der Waals surface area contributed by atoms with Gasteiger partial charge in [0.15, 0.2) is 0 Å². The van der Waals surface area contributed by atoms with E-state index in [2.05, 4.69) is 21.2 Å². The SMILES string of the molecule is CNC(c1cccc(OC)c1)c1cc(Br)c(F)cc1OC. The first-order chi connectivity index (χ1) is 10.1. The van der Waals surface area contributed by atoms with E-state index in [-0.39, 0.29) is 11.9 Å². The molecule has 5 heteroatoms. The van der Waals surface area contributed by atoms with Crippen LogP contribution in [-0.2, 0) is 0 Å². The maximum absolute atomic E-state index is 13.7. The van der Waals surface area contributed by atoms with Crippen LogP contribution >= 0.6 is 15.9 Å². The highest BCUT2D eigenvalue weighted by molar-refractivity contribution is 9.10. The summed E-state index contributed by atoms with van der Waals surface area (Å²) in [6.07, 6.45) is 0. The minimum absolute atomic E-state index is 0.132. The Hall–Kier alpha value is -1.59. The molecule has 1 atom stereocenters. The second kappa shape index (κ2) is 6.91. The van der Waals surface area contributed by atoms with E-state index in [0.717, 1.165) is 16.9 Å². The molecular weight excluding hydrogens is 337 g/mol. The number of hydrogen-bond acceptors (Lipinski definition) is 3. The fourth-order valence-corrected chi connectivity index (χ4v) is 2.63. The molecule has 0 aliphatic heterocycles. The van der Waals surface area contributed by atoms with Crippen molar-refractivity contribution in [2.75, 3.05) is 21.3 Å². The molecule has 0 heterocycles. The average Bonchev–Trinajstić information content (AvgIpc) is 2.51. The molecule has 3 nitrogen and oxygen atoms in total. The third kappa shape index (κ3) is 3.36. The number of rotatable bonds is 5. The largest absolute Gasteiger partial charge is 0.497 e. The summed E-state index contributed by atoms with van der Waals surface area (Å²) in [6.45, 7) is 0. The van der Waals surface area contributed by atoms with Gasteiger partial charge in [0.25, 0.3) is 0 Å². The number of methoxy groups -OCH3 is 2. The van der Waals surface area contributed by atoms with E-state index in [1.54, 1.807) is 13.2 Å².